The normalized spacial score (nSPS) is 10.9. The van der Waals surface area contributed by atoms with Crippen molar-refractivity contribution in [3.05, 3.63) is 94.8 Å². The molecule has 134 valence electrons. The zero-order chi connectivity index (χ0) is 18.8. The van der Waals surface area contributed by atoms with Crippen molar-refractivity contribution in [2.75, 3.05) is 4.90 Å². The summed E-state index contributed by atoms with van der Waals surface area (Å²) in [6.45, 7) is 0.327. The summed E-state index contributed by atoms with van der Waals surface area (Å²) < 4.78 is 14.5. The summed E-state index contributed by atoms with van der Waals surface area (Å²) >= 11 is 7.63. The largest absolute Gasteiger partial charge is 0.279 e. The molecule has 0 N–H and O–H groups in total. The van der Waals surface area contributed by atoms with Gasteiger partial charge in [0.2, 0.25) is 0 Å². The van der Waals surface area contributed by atoms with E-state index in [1.165, 1.54) is 29.5 Å². The van der Waals surface area contributed by atoms with Gasteiger partial charge in [-0.1, -0.05) is 65.4 Å². The zero-order valence-electron chi connectivity index (χ0n) is 14.1. The van der Waals surface area contributed by atoms with E-state index >= 15 is 0 Å². The molecule has 0 fully saturated rings. The van der Waals surface area contributed by atoms with E-state index in [-0.39, 0.29) is 11.5 Å². The van der Waals surface area contributed by atoms with Crippen molar-refractivity contribution < 1.29 is 9.18 Å². The first-order valence-corrected chi connectivity index (χ1v) is 9.48. The van der Waals surface area contributed by atoms with Crippen LogP contribution in [0.4, 0.5) is 9.52 Å². The second kappa shape index (κ2) is 7.47. The first kappa shape index (κ1) is 17.6. The van der Waals surface area contributed by atoms with Crippen molar-refractivity contribution in [1.82, 2.24) is 4.98 Å². The molecule has 0 aliphatic heterocycles. The van der Waals surface area contributed by atoms with Crippen LogP contribution in [0.25, 0.3) is 10.2 Å². The highest BCUT2D eigenvalue weighted by Gasteiger charge is 2.22. The van der Waals surface area contributed by atoms with E-state index in [9.17, 15) is 9.18 Å². The maximum absolute atomic E-state index is 13.6. The molecule has 3 aromatic carbocycles. The van der Waals surface area contributed by atoms with Crippen molar-refractivity contribution >= 4 is 44.2 Å². The van der Waals surface area contributed by atoms with Gasteiger partial charge in [0.25, 0.3) is 5.91 Å². The Balaban J connectivity index is 1.79. The fraction of sp³-hybridized carbons (Fsp3) is 0.0476. The molecule has 0 aliphatic carbocycles. The van der Waals surface area contributed by atoms with Crippen LogP contribution in [0.3, 0.4) is 0 Å². The number of aromatic nitrogens is 1. The van der Waals surface area contributed by atoms with E-state index in [4.69, 9.17) is 11.6 Å². The van der Waals surface area contributed by atoms with Crippen LogP contribution in [0.2, 0.25) is 5.02 Å². The highest BCUT2D eigenvalue weighted by Crippen LogP contribution is 2.34. The molecule has 0 bridgehead atoms. The van der Waals surface area contributed by atoms with Gasteiger partial charge in [-0.2, -0.15) is 0 Å². The van der Waals surface area contributed by atoms with Gasteiger partial charge in [0.15, 0.2) is 5.13 Å². The highest BCUT2D eigenvalue weighted by molar-refractivity contribution is 7.22. The molecular weight excluding hydrogens is 383 g/mol. The van der Waals surface area contributed by atoms with Crippen LogP contribution >= 0.6 is 22.9 Å². The lowest BCUT2D eigenvalue weighted by Crippen LogP contribution is -2.30. The van der Waals surface area contributed by atoms with Crippen LogP contribution in [0.1, 0.15) is 15.9 Å². The Bertz CT molecular complexity index is 1110. The number of hydrogen-bond donors (Lipinski definition) is 0. The topological polar surface area (TPSA) is 33.2 Å². The summed E-state index contributed by atoms with van der Waals surface area (Å²) in [7, 11) is 0. The minimum Gasteiger partial charge on any atom is -0.279 e. The summed E-state index contributed by atoms with van der Waals surface area (Å²) in [4.78, 5) is 19.3. The molecule has 0 spiro atoms. The molecule has 0 aliphatic rings. The van der Waals surface area contributed by atoms with Gasteiger partial charge < -0.3 is 0 Å². The highest BCUT2D eigenvalue weighted by atomic mass is 35.5. The molecule has 1 amide bonds. The van der Waals surface area contributed by atoms with Crippen molar-refractivity contribution in [2.24, 2.45) is 0 Å². The van der Waals surface area contributed by atoms with Crippen LogP contribution in [-0.4, -0.2) is 10.9 Å². The Morgan fingerprint density at radius 3 is 2.56 bits per heavy atom. The maximum Gasteiger partial charge on any atom is 0.260 e. The molecule has 4 aromatic rings. The second-order valence-electron chi connectivity index (χ2n) is 5.97. The molecule has 3 nitrogen and oxygen atoms in total. The van der Waals surface area contributed by atoms with Gasteiger partial charge in [0, 0.05) is 5.56 Å². The Hall–Kier alpha value is -2.76. The first-order chi connectivity index (χ1) is 13.1. The predicted octanol–water partition coefficient (Wildman–Crippen LogP) is 5.94. The van der Waals surface area contributed by atoms with Crippen molar-refractivity contribution in [3.63, 3.8) is 0 Å². The zero-order valence-corrected chi connectivity index (χ0v) is 15.7. The third-order valence-electron chi connectivity index (χ3n) is 4.09. The smallest absolute Gasteiger partial charge is 0.260 e. The lowest BCUT2D eigenvalue weighted by atomic mass is 10.1. The number of hydrogen-bond acceptors (Lipinski definition) is 3. The van der Waals surface area contributed by atoms with Gasteiger partial charge in [-0.05, 0) is 35.9 Å². The third kappa shape index (κ3) is 3.70. The number of para-hydroxylation sites is 1. The lowest BCUT2D eigenvalue weighted by Gasteiger charge is -2.20. The van der Waals surface area contributed by atoms with Gasteiger partial charge in [-0.25, -0.2) is 9.37 Å². The van der Waals surface area contributed by atoms with Crippen LogP contribution in [-0.2, 0) is 6.54 Å². The van der Waals surface area contributed by atoms with Gasteiger partial charge in [-0.15, -0.1) is 0 Å². The third-order valence-corrected chi connectivity index (χ3v) is 5.44. The Kier molecular flexibility index (Phi) is 4.88. The van der Waals surface area contributed by atoms with Crippen molar-refractivity contribution in [2.45, 2.75) is 6.54 Å². The van der Waals surface area contributed by atoms with Gasteiger partial charge in [0.05, 0.1) is 16.3 Å². The van der Waals surface area contributed by atoms with Gasteiger partial charge >= 0.3 is 0 Å². The first-order valence-electron chi connectivity index (χ1n) is 8.28. The number of rotatable bonds is 4. The molecule has 0 saturated carbocycles. The van der Waals surface area contributed by atoms with E-state index in [0.29, 0.717) is 22.2 Å². The average Bonchev–Trinajstić information content (AvgIpc) is 3.12. The minimum absolute atomic E-state index is 0.274. The molecule has 4 rings (SSSR count). The lowest BCUT2D eigenvalue weighted by molar-refractivity contribution is 0.0984. The van der Waals surface area contributed by atoms with E-state index in [1.54, 1.807) is 17.0 Å². The molecule has 0 atom stereocenters. The number of halogens is 2. The maximum atomic E-state index is 13.6. The molecule has 0 unspecified atom stereocenters. The average molecular weight is 397 g/mol. The molecule has 0 saturated heterocycles. The van der Waals surface area contributed by atoms with Crippen LogP contribution in [0.15, 0.2) is 72.8 Å². The standard InChI is InChI=1S/C21H14ClFN2OS/c22-17-10-5-11-18-19(17)24-21(27-18)25(13-14-6-2-1-3-7-14)20(26)15-8-4-9-16(23)12-15/h1-12H,13H2. The van der Waals surface area contributed by atoms with Gasteiger partial charge in [0.1, 0.15) is 11.3 Å². The van der Waals surface area contributed by atoms with Crippen LogP contribution in [0.5, 0.6) is 0 Å². The number of nitrogens with zero attached hydrogens (tertiary/aromatic N) is 2. The number of amides is 1. The number of fused-ring (bicyclic) bond motifs is 1. The fourth-order valence-electron chi connectivity index (χ4n) is 2.79. The monoisotopic (exact) mass is 396 g/mol. The van der Waals surface area contributed by atoms with Crippen molar-refractivity contribution in [3.8, 4) is 0 Å². The van der Waals surface area contributed by atoms with Gasteiger partial charge in [-0.3, -0.25) is 9.69 Å². The van der Waals surface area contributed by atoms with Crippen LogP contribution in [0, 0.1) is 5.82 Å². The summed E-state index contributed by atoms with van der Waals surface area (Å²) in [6, 6.07) is 20.8. The minimum atomic E-state index is -0.451. The SMILES string of the molecule is O=C(c1cccc(F)c1)N(Cc1ccccc1)c1nc2c(Cl)cccc2s1. The Labute approximate surface area is 164 Å². The summed E-state index contributed by atoms with van der Waals surface area (Å²) in [5.74, 6) is -0.763. The van der Waals surface area contributed by atoms with Crippen molar-refractivity contribution in [1.29, 1.82) is 0 Å². The number of carbonyl (C=O) groups is 1. The summed E-state index contributed by atoms with van der Waals surface area (Å²) in [6.07, 6.45) is 0. The quantitative estimate of drug-likeness (QED) is 0.428. The fourth-order valence-corrected chi connectivity index (χ4v) is 4.05. The van der Waals surface area contributed by atoms with E-state index in [0.717, 1.165) is 10.3 Å². The molecule has 6 heteroatoms. The van der Waals surface area contributed by atoms with Crippen LogP contribution < -0.4 is 4.90 Å². The van der Waals surface area contributed by atoms with E-state index in [2.05, 4.69) is 4.98 Å². The molecular formula is C21H14ClFN2OS. The van der Waals surface area contributed by atoms with E-state index in [1.807, 2.05) is 42.5 Å². The molecule has 27 heavy (non-hydrogen) atoms. The summed E-state index contributed by atoms with van der Waals surface area (Å²) in [5.41, 5.74) is 1.88. The number of benzene rings is 3. The molecule has 1 aromatic heterocycles. The molecule has 0 radical (unpaired) electrons. The summed E-state index contributed by atoms with van der Waals surface area (Å²) in [5, 5.41) is 1.06. The van der Waals surface area contributed by atoms with E-state index < -0.39 is 5.82 Å². The number of anilines is 1. The Morgan fingerprint density at radius 1 is 1.04 bits per heavy atom. The Morgan fingerprint density at radius 2 is 1.81 bits per heavy atom. The number of carbonyl (C=O) groups excluding carboxylic acids is 1. The predicted molar refractivity (Wildman–Crippen MR) is 108 cm³/mol. The molecule has 1 heterocycles. The number of thiazole rings is 1. The second-order valence-corrected chi connectivity index (χ2v) is 7.39.